The number of benzene rings is 1. The number of fused-ring (bicyclic) bond motifs is 1. The van der Waals surface area contributed by atoms with Crippen LogP contribution in [0.25, 0.3) is 0 Å². The third-order valence-corrected chi connectivity index (χ3v) is 5.73. The minimum absolute atomic E-state index is 0.00292. The molecule has 4 rings (SSSR count). The van der Waals surface area contributed by atoms with Gasteiger partial charge in [-0.25, -0.2) is 9.78 Å². The first-order valence-corrected chi connectivity index (χ1v) is 9.51. The van der Waals surface area contributed by atoms with Crippen LogP contribution >= 0.6 is 0 Å². The van der Waals surface area contributed by atoms with Crippen LogP contribution in [0.4, 0.5) is 22.0 Å². The molecule has 1 saturated heterocycles. The average Bonchev–Trinajstić information content (AvgIpc) is 3.17. The van der Waals surface area contributed by atoms with Crippen molar-refractivity contribution in [2.45, 2.75) is 32.4 Å². The van der Waals surface area contributed by atoms with E-state index in [4.69, 9.17) is 5.73 Å². The number of hydrogen-bond donors (Lipinski definition) is 1. The summed E-state index contributed by atoms with van der Waals surface area (Å²) in [4.78, 5) is 27.6. The molecule has 3 heterocycles. The molecule has 1 aromatic carbocycles. The van der Waals surface area contributed by atoms with E-state index in [1.807, 2.05) is 24.3 Å². The highest BCUT2D eigenvalue weighted by atomic mass is 16.2. The molecule has 7 heteroatoms. The van der Waals surface area contributed by atoms with Gasteiger partial charge in [0.25, 0.3) is 0 Å². The number of aromatic nitrogens is 2. The maximum atomic E-state index is 12.4. The number of amides is 2. The summed E-state index contributed by atoms with van der Waals surface area (Å²) < 4.78 is 0. The zero-order valence-corrected chi connectivity index (χ0v) is 15.8. The average molecular weight is 366 g/mol. The van der Waals surface area contributed by atoms with Crippen LogP contribution in [0.1, 0.15) is 20.3 Å². The predicted octanol–water partition coefficient (Wildman–Crippen LogP) is 2.61. The number of para-hydroxylation sites is 2. The molecule has 142 valence electrons. The highest BCUT2D eigenvalue weighted by Crippen LogP contribution is 2.41. The van der Waals surface area contributed by atoms with Gasteiger partial charge in [-0.1, -0.05) is 12.1 Å². The molecular formula is C20H26N6O. The Morgan fingerprint density at radius 2 is 1.96 bits per heavy atom. The molecule has 2 N–H and O–H groups in total. The molecule has 27 heavy (non-hydrogen) atoms. The normalized spacial score (nSPS) is 22.9. The number of anilines is 3. The van der Waals surface area contributed by atoms with Gasteiger partial charge in [-0.05, 0) is 44.9 Å². The second-order valence-corrected chi connectivity index (χ2v) is 7.58. The molecule has 2 unspecified atom stereocenters. The first kappa shape index (κ1) is 17.7. The highest BCUT2D eigenvalue weighted by molar-refractivity contribution is 5.97. The first-order valence-electron chi connectivity index (χ1n) is 9.51. The summed E-state index contributed by atoms with van der Waals surface area (Å²) in [6.07, 6.45) is 6.19. The molecular weight excluding hydrogens is 340 g/mol. The third-order valence-electron chi connectivity index (χ3n) is 5.73. The van der Waals surface area contributed by atoms with Crippen LogP contribution in [-0.2, 0) is 0 Å². The number of urea groups is 1. The van der Waals surface area contributed by atoms with Crippen LogP contribution in [0.15, 0.2) is 42.9 Å². The van der Waals surface area contributed by atoms with Gasteiger partial charge in [-0.2, -0.15) is 0 Å². The van der Waals surface area contributed by atoms with Crippen molar-refractivity contribution in [3.8, 4) is 0 Å². The molecule has 2 amide bonds. The van der Waals surface area contributed by atoms with Crippen molar-refractivity contribution in [3.05, 3.63) is 42.9 Å². The minimum Gasteiger partial charge on any atom is -0.351 e. The molecule has 0 radical (unpaired) electrons. The molecule has 0 saturated carbocycles. The van der Waals surface area contributed by atoms with Gasteiger partial charge < -0.3 is 15.5 Å². The Kier molecular flexibility index (Phi) is 4.70. The van der Waals surface area contributed by atoms with Crippen molar-refractivity contribution in [1.29, 1.82) is 0 Å². The van der Waals surface area contributed by atoms with E-state index in [1.54, 1.807) is 23.5 Å². The van der Waals surface area contributed by atoms with E-state index in [1.165, 1.54) is 0 Å². The van der Waals surface area contributed by atoms with Gasteiger partial charge in [0.15, 0.2) is 5.82 Å². The Balaban J connectivity index is 1.74. The lowest BCUT2D eigenvalue weighted by Gasteiger charge is -2.44. The Hall–Kier alpha value is -2.67. The topological polar surface area (TPSA) is 78.6 Å². The van der Waals surface area contributed by atoms with Gasteiger partial charge in [-0.15, -0.1) is 0 Å². The van der Waals surface area contributed by atoms with Crippen LogP contribution in [0, 0.1) is 5.92 Å². The summed E-state index contributed by atoms with van der Waals surface area (Å²) >= 11 is 0. The maximum absolute atomic E-state index is 12.4. The molecule has 2 aliphatic heterocycles. The van der Waals surface area contributed by atoms with E-state index < -0.39 is 6.03 Å². The Labute approximate surface area is 159 Å². The van der Waals surface area contributed by atoms with E-state index in [0.29, 0.717) is 18.5 Å². The quantitative estimate of drug-likeness (QED) is 0.903. The lowest BCUT2D eigenvalue weighted by atomic mass is 9.93. The van der Waals surface area contributed by atoms with E-state index in [-0.39, 0.29) is 6.04 Å². The van der Waals surface area contributed by atoms with E-state index in [2.05, 4.69) is 33.6 Å². The van der Waals surface area contributed by atoms with Crippen molar-refractivity contribution < 1.29 is 4.79 Å². The van der Waals surface area contributed by atoms with Crippen molar-refractivity contribution in [1.82, 2.24) is 14.9 Å². The Morgan fingerprint density at radius 1 is 1.19 bits per heavy atom. The molecule has 1 aromatic heterocycles. The molecule has 0 aliphatic carbocycles. The summed E-state index contributed by atoms with van der Waals surface area (Å²) in [6.45, 7) is 7.13. The second kappa shape index (κ2) is 7.15. The zero-order valence-electron chi connectivity index (χ0n) is 15.8. The molecule has 0 bridgehead atoms. The largest absolute Gasteiger partial charge is 0.351 e. The van der Waals surface area contributed by atoms with Gasteiger partial charge in [0.2, 0.25) is 0 Å². The van der Waals surface area contributed by atoms with Crippen LogP contribution in [0.2, 0.25) is 0 Å². The van der Waals surface area contributed by atoms with Crippen LogP contribution in [-0.4, -0.2) is 52.6 Å². The zero-order chi connectivity index (χ0) is 19.0. The summed E-state index contributed by atoms with van der Waals surface area (Å²) in [7, 11) is 0. The van der Waals surface area contributed by atoms with Crippen molar-refractivity contribution in [2.75, 3.05) is 29.4 Å². The maximum Gasteiger partial charge on any atom is 0.319 e. The number of carbonyl (C=O) groups is 1. The SMILES string of the molecule is CC(C)N1CCC(C2CN(c3cnccn3)c3ccccc3N2C(N)=O)C1. The van der Waals surface area contributed by atoms with Crippen LogP contribution in [0.3, 0.4) is 0 Å². The fourth-order valence-corrected chi connectivity index (χ4v) is 4.33. The number of primary amides is 1. The molecule has 2 aromatic rings. The minimum atomic E-state index is -0.394. The number of hydrogen-bond acceptors (Lipinski definition) is 5. The van der Waals surface area contributed by atoms with Gasteiger partial charge in [-0.3, -0.25) is 9.88 Å². The first-order chi connectivity index (χ1) is 13.1. The fraction of sp³-hybridized carbons (Fsp3) is 0.450. The molecule has 2 atom stereocenters. The van der Waals surface area contributed by atoms with E-state index >= 15 is 0 Å². The number of rotatable bonds is 3. The van der Waals surface area contributed by atoms with Gasteiger partial charge in [0.05, 0.1) is 23.6 Å². The molecule has 2 aliphatic rings. The molecule has 0 spiro atoms. The summed E-state index contributed by atoms with van der Waals surface area (Å²) in [5.41, 5.74) is 7.62. The smallest absolute Gasteiger partial charge is 0.319 e. The fourth-order valence-electron chi connectivity index (χ4n) is 4.33. The molecule has 1 fully saturated rings. The number of nitrogens with two attached hydrogens (primary N) is 1. The highest BCUT2D eigenvalue weighted by Gasteiger charge is 2.41. The Bertz CT molecular complexity index is 811. The second-order valence-electron chi connectivity index (χ2n) is 7.58. The number of carbonyl (C=O) groups excluding carboxylic acids is 1. The van der Waals surface area contributed by atoms with Gasteiger partial charge in [0.1, 0.15) is 0 Å². The van der Waals surface area contributed by atoms with Crippen LogP contribution in [0.5, 0.6) is 0 Å². The summed E-state index contributed by atoms with van der Waals surface area (Å²) in [5.74, 6) is 1.16. The number of nitrogens with zero attached hydrogens (tertiary/aromatic N) is 5. The number of likely N-dealkylation sites (tertiary alicyclic amines) is 1. The van der Waals surface area contributed by atoms with Gasteiger partial charge >= 0.3 is 6.03 Å². The summed E-state index contributed by atoms with van der Waals surface area (Å²) in [5, 5.41) is 0. The lowest BCUT2D eigenvalue weighted by Crippen LogP contribution is -2.56. The van der Waals surface area contributed by atoms with Gasteiger partial charge in [0, 0.05) is 31.5 Å². The van der Waals surface area contributed by atoms with Crippen molar-refractivity contribution in [3.63, 3.8) is 0 Å². The molecule has 7 nitrogen and oxygen atoms in total. The Morgan fingerprint density at radius 3 is 2.59 bits per heavy atom. The van der Waals surface area contributed by atoms with Crippen molar-refractivity contribution >= 4 is 23.2 Å². The van der Waals surface area contributed by atoms with E-state index in [0.717, 1.165) is 36.7 Å². The van der Waals surface area contributed by atoms with Crippen molar-refractivity contribution in [2.24, 2.45) is 11.7 Å². The predicted molar refractivity (Wildman–Crippen MR) is 106 cm³/mol. The summed E-state index contributed by atoms with van der Waals surface area (Å²) in [6, 6.07) is 8.00. The monoisotopic (exact) mass is 366 g/mol. The van der Waals surface area contributed by atoms with E-state index in [9.17, 15) is 4.79 Å². The van der Waals surface area contributed by atoms with Crippen LogP contribution < -0.4 is 15.5 Å². The standard InChI is InChI=1S/C20H26N6O/c1-14(2)24-10-7-15(12-24)18-13-25(19-11-22-8-9-23-19)16-5-3-4-6-17(16)26(18)20(21)27/h3-6,8-9,11,14-15,18H,7,10,12-13H2,1-2H3,(H2,21,27). The lowest BCUT2D eigenvalue weighted by molar-refractivity contribution is 0.241. The third kappa shape index (κ3) is 3.23.